The minimum Gasteiger partial charge on any atom is -0.478 e. The zero-order chi connectivity index (χ0) is 16.0. The number of aromatic carboxylic acids is 1. The highest BCUT2D eigenvalue weighted by atomic mass is 16.4. The van der Waals surface area contributed by atoms with Crippen molar-refractivity contribution in [3.8, 4) is 0 Å². The van der Waals surface area contributed by atoms with Gasteiger partial charge in [0.05, 0.1) is 11.0 Å². The highest BCUT2D eigenvalue weighted by Gasteiger charge is 2.26. The number of carboxylic acids is 1. The van der Waals surface area contributed by atoms with Crippen molar-refractivity contribution in [2.45, 2.75) is 13.8 Å². The Morgan fingerprint density at radius 3 is 2.19 bits per heavy atom. The Kier molecular flexibility index (Phi) is 5.29. The molecule has 1 aromatic rings. The number of nitrogens with one attached hydrogen (secondary N) is 3. The van der Waals surface area contributed by atoms with Gasteiger partial charge >= 0.3 is 12.0 Å². The fourth-order valence-corrected chi connectivity index (χ4v) is 1.59. The summed E-state index contributed by atoms with van der Waals surface area (Å²) in [6.07, 6.45) is 0. The molecule has 0 saturated carbocycles. The number of carboxylic acid groups (broad SMARTS) is 1. The Morgan fingerprint density at radius 2 is 1.71 bits per heavy atom. The van der Waals surface area contributed by atoms with Gasteiger partial charge in [0, 0.05) is 19.3 Å². The molecule has 0 saturated heterocycles. The Hall–Kier alpha value is -2.57. The number of hydrogen-bond acceptors (Lipinski definition) is 3. The molecule has 0 atom stereocenters. The lowest BCUT2D eigenvalue weighted by Gasteiger charge is -2.22. The van der Waals surface area contributed by atoms with Crippen LogP contribution in [0.2, 0.25) is 0 Å². The van der Waals surface area contributed by atoms with Crippen LogP contribution in [0, 0.1) is 5.41 Å². The quantitative estimate of drug-likeness (QED) is 0.656. The number of benzene rings is 1. The second-order valence-electron chi connectivity index (χ2n) is 5.15. The maximum Gasteiger partial charge on any atom is 0.335 e. The van der Waals surface area contributed by atoms with E-state index in [1.807, 2.05) is 0 Å². The number of carbonyl (C=O) groups is 3. The van der Waals surface area contributed by atoms with Gasteiger partial charge < -0.3 is 21.1 Å². The van der Waals surface area contributed by atoms with Crippen LogP contribution >= 0.6 is 0 Å². The van der Waals surface area contributed by atoms with Crippen molar-refractivity contribution in [2.24, 2.45) is 5.41 Å². The third kappa shape index (κ3) is 4.79. The molecule has 0 unspecified atom stereocenters. The van der Waals surface area contributed by atoms with Gasteiger partial charge in [0.1, 0.15) is 0 Å². The van der Waals surface area contributed by atoms with Crippen molar-refractivity contribution in [3.63, 3.8) is 0 Å². The molecule has 0 fully saturated rings. The fourth-order valence-electron chi connectivity index (χ4n) is 1.59. The van der Waals surface area contributed by atoms with Crippen LogP contribution in [0.4, 0.5) is 10.5 Å². The Bertz CT molecular complexity index is 538. The van der Waals surface area contributed by atoms with E-state index in [0.717, 1.165) is 0 Å². The van der Waals surface area contributed by atoms with Crippen LogP contribution in [0.5, 0.6) is 0 Å². The van der Waals surface area contributed by atoms with E-state index < -0.39 is 17.4 Å². The van der Waals surface area contributed by atoms with Crippen molar-refractivity contribution in [2.75, 3.05) is 18.9 Å². The van der Waals surface area contributed by atoms with Crippen LogP contribution in [0.15, 0.2) is 24.3 Å². The first-order chi connectivity index (χ1) is 9.76. The van der Waals surface area contributed by atoms with E-state index in [9.17, 15) is 14.4 Å². The molecule has 0 aliphatic heterocycles. The van der Waals surface area contributed by atoms with E-state index >= 15 is 0 Å². The molecule has 7 heteroatoms. The molecule has 1 aromatic carbocycles. The summed E-state index contributed by atoms with van der Waals surface area (Å²) in [6.45, 7) is 3.60. The molecule has 0 aliphatic carbocycles. The minimum absolute atomic E-state index is 0.140. The van der Waals surface area contributed by atoms with Crippen LogP contribution in [-0.2, 0) is 4.79 Å². The minimum atomic E-state index is -1.03. The van der Waals surface area contributed by atoms with E-state index in [-0.39, 0.29) is 18.0 Å². The summed E-state index contributed by atoms with van der Waals surface area (Å²) < 4.78 is 0. The van der Waals surface area contributed by atoms with Crippen molar-refractivity contribution in [3.05, 3.63) is 29.8 Å². The summed E-state index contributed by atoms with van der Waals surface area (Å²) in [5.41, 5.74) is -0.115. The fraction of sp³-hybridized carbons (Fsp3) is 0.357. The SMILES string of the molecule is CNC(=O)C(C)(C)CNC(=O)Nc1ccc(C(=O)O)cc1. The molecular formula is C14H19N3O4. The number of carbonyl (C=O) groups excluding carboxylic acids is 2. The number of rotatable bonds is 5. The van der Waals surface area contributed by atoms with Crippen LogP contribution in [-0.4, -0.2) is 36.6 Å². The molecule has 3 amide bonds. The molecule has 21 heavy (non-hydrogen) atoms. The van der Waals surface area contributed by atoms with Crippen molar-refractivity contribution in [1.82, 2.24) is 10.6 Å². The predicted octanol–water partition coefficient (Wildman–Crippen LogP) is 1.28. The highest BCUT2D eigenvalue weighted by Crippen LogP contribution is 2.13. The second-order valence-corrected chi connectivity index (χ2v) is 5.15. The Morgan fingerprint density at radius 1 is 1.14 bits per heavy atom. The van der Waals surface area contributed by atoms with Crippen LogP contribution in [0.1, 0.15) is 24.2 Å². The highest BCUT2D eigenvalue weighted by molar-refractivity contribution is 5.92. The van der Waals surface area contributed by atoms with Gasteiger partial charge in [0.25, 0.3) is 0 Å². The van der Waals surface area contributed by atoms with Gasteiger partial charge in [0.15, 0.2) is 0 Å². The molecule has 0 aromatic heterocycles. The molecular weight excluding hydrogens is 274 g/mol. The van der Waals surface area contributed by atoms with E-state index in [1.54, 1.807) is 13.8 Å². The first kappa shape index (κ1) is 16.5. The second kappa shape index (κ2) is 6.74. The molecule has 0 radical (unpaired) electrons. The summed E-state index contributed by atoms with van der Waals surface area (Å²) in [6, 6.07) is 5.31. The van der Waals surface area contributed by atoms with Crippen molar-refractivity contribution in [1.29, 1.82) is 0 Å². The Labute approximate surface area is 122 Å². The van der Waals surface area contributed by atoms with Gasteiger partial charge in [-0.25, -0.2) is 9.59 Å². The average Bonchev–Trinajstić information content (AvgIpc) is 2.45. The van der Waals surface area contributed by atoms with E-state index in [4.69, 9.17) is 5.11 Å². The number of hydrogen-bond donors (Lipinski definition) is 4. The van der Waals surface area contributed by atoms with E-state index in [1.165, 1.54) is 31.3 Å². The van der Waals surface area contributed by atoms with E-state index in [0.29, 0.717) is 5.69 Å². The summed E-state index contributed by atoms with van der Waals surface area (Å²) in [7, 11) is 1.54. The smallest absolute Gasteiger partial charge is 0.335 e. The standard InChI is InChI=1S/C14H19N3O4/c1-14(2,12(20)15-3)8-16-13(21)17-10-6-4-9(5-7-10)11(18)19/h4-7H,8H2,1-3H3,(H,15,20)(H,18,19)(H2,16,17,21). The van der Waals surface area contributed by atoms with Crippen molar-refractivity contribution >= 4 is 23.6 Å². The molecule has 0 aliphatic rings. The van der Waals surface area contributed by atoms with Gasteiger partial charge in [-0.3, -0.25) is 4.79 Å². The normalized spacial score (nSPS) is 10.6. The maximum absolute atomic E-state index is 11.7. The van der Waals surface area contributed by atoms with Crippen LogP contribution in [0.3, 0.4) is 0 Å². The van der Waals surface area contributed by atoms with Crippen molar-refractivity contribution < 1.29 is 19.5 Å². The number of anilines is 1. The summed E-state index contributed by atoms with van der Waals surface area (Å²) in [5.74, 6) is -1.20. The zero-order valence-electron chi connectivity index (χ0n) is 12.2. The van der Waals surface area contributed by atoms with Gasteiger partial charge in [-0.05, 0) is 38.1 Å². The Balaban J connectivity index is 2.54. The molecule has 4 N–H and O–H groups in total. The predicted molar refractivity (Wildman–Crippen MR) is 78.3 cm³/mol. The first-order valence-corrected chi connectivity index (χ1v) is 6.36. The van der Waals surface area contributed by atoms with Crippen LogP contribution < -0.4 is 16.0 Å². The average molecular weight is 293 g/mol. The lowest BCUT2D eigenvalue weighted by molar-refractivity contribution is -0.128. The van der Waals surface area contributed by atoms with Gasteiger partial charge in [-0.1, -0.05) is 0 Å². The third-order valence-electron chi connectivity index (χ3n) is 2.92. The largest absolute Gasteiger partial charge is 0.478 e. The lowest BCUT2D eigenvalue weighted by Crippen LogP contribution is -2.44. The molecule has 0 bridgehead atoms. The number of urea groups is 1. The molecule has 1 rings (SSSR count). The molecule has 0 spiro atoms. The number of amides is 3. The van der Waals surface area contributed by atoms with Gasteiger partial charge in [-0.2, -0.15) is 0 Å². The molecule has 7 nitrogen and oxygen atoms in total. The van der Waals surface area contributed by atoms with Gasteiger partial charge in [-0.15, -0.1) is 0 Å². The maximum atomic E-state index is 11.7. The lowest BCUT2D eigenvalue weighted by atomic mass is 9.92. The third-order valence-corrected chi connectivity index (χ3v) is 2.92. The van der Waals surface area contributed by atoms with Gasteiger partial charge in [0.2, 0.25) is 5.91 Å². The monoisotopic (exact) mass is 293 g/mol. The first-order valence-electron chi connectivity index (χ1n) is 6.36. The van der Waals surface area contributed by atoms with E-state index in [2.05, 4.69) is 16.0 Å². The topological polar surface area (TPSA) is 108 Å². The molecule has 0 heterocycles. The summed E-state index contributed by atoms with van der Waals surface area (Å²) >= 11 is 0. The zero-order valence-corrected chi connectivity index (χ0v) is 12.2. The summed E-state index contributed by atoms with van der Waals surface area (Å²) in [4.78, 5) is 34.0. The molecule has 114 valence electrons. The summed E-state index contributed by atoms with van der Waals surface area (Å²) in [5, 5.41) is 16.5. The van der Waals surface area contributed by atoms with Crippen LogP contribution in [0.25, 0.3) is 0 Å².